The summed E-state index contributed by atoms with van der Waals surface area (Å²) < 4.78 is 10.2. The average Bonchev–Trinajstić information content (AvgIpc) is 3.00. The molecule has 0 spiro atoms. The highest BCUT2D eigenvalue weighted by molar-refractivity contribution is 6.99. The third-order valence-corrected chi connectivity index (χ3v) is 3.01. The molecule has 1 unspecified atom stereocenters. The van der Waals surface area contributed by atoms with Crippen molar-refractivity contribution >= 4 is 11.7 Å². The summed E-state index contributed by atoms with van der Waals surface area (Å²) in [4.78, 5) is 0. The predicted octanol–water partition coefficient (Wildman–Crippen LogP) is 1.24. The summed E-state index contributed by atoms with van der Waals surface area (Å²) in [5.74, 6) is 0. The molecule has 2 aromatic rings. The van der Waals surface area contributed by atoms with Crippen LogP contribution < -0.4 is 5.32 Å². The van der Waals surface area contributed by atoms with Gasteiger partial charge in [0.25, 0.3) is 0 Å². The molecule has 0 saturated heterocycles. The number of hydrogen-bond acceptors (Lipinski definition) is 6. The highest BCUT2D eigenvalue weighted by Crippen LogP contribution is 2.19. The van der Waals surface area contributed by atoms with Gasteiger partial charge in [-0.05, 0) is 19.9 Å². The molecule has 0 bridgehead atoms. The van der Waals surface area contributed by atoms with Gasteiger partial charge in [0.2, 0.25) is 0 Å². The van der Waals surface area contributed by atoms with Gasteiger partial charge in [0.1, 0.15) is 0 Å². The molecule has 0 amide bonds. The van der Waals surface area contributed by atoms with Crippen molar-refractivity contribution in [2.24, 2.45) is 0 Å². The summed E-state index contributed by atoms with van der Waals surface area (Å²) >= 11 is 1.22. The van der Waals surface area contributed by atoms with E-state index in [9.17, 15) is 0 Å². The number of aromatic nitrogens is 5. The maximum atomic E-state index is 4.30. The minimum Gasteiger partial charge on any atom is -0.304 e. The second-order valence-electron chi connectivity index (χ2n) is 3.69. The number of nitrogens with one attached hydrogen (secondary N) is 1. The Labute approximate surface area is 104 Å². The zero-order valence-electron chi connectivity index (χ0n) is 10.00. The molecule has 0 saturated carbocycles. The van der Waals surface area contributed by atoms with Crippen molar-refractivity contribution in [3.05, 3.63) is 23.8 Å². The molecule has 1 N–H and O–H groups in total. The van der Waals surface area contributed by atoms with Gasteiger partial charge in [-0.3, -0.25) is 0 Å². The van der Waals surface area contributed by atoms with Gasteiger partial charge in [0.05, 0.1) is 41.6 Å². The van der Waals surface area contributed by atoms with Crippen molar-refractivity contribution in [2.45, 2.75) is 32.9 Å². The van der Waals surface area contributed by atoms with E-state index in [-0.39, 0.29) is 6.04 Å². The standard InChI is InChI=1S/C10H16N6S/c1-3-5-11-10(8-6-13-17-14-8)9-7-12-15-16(9)4-2/h6-7,10-11H,3-5H2,1-2H3. The molecule has 0 radical (unpaired) electrons. The predicted molar refractivity (Wildman–Crippen MR) is 65.7 cm³/mol. The Morgan fingerprint density at radius 2 is 2.29 bits per heavy atom. The summed E-state index contributed by atoms with van der Waals surface area (Å²) in [5.41, 5.74) is 1.97. The largest absolute Gasteiger partial charge is 0.304 e. The normalized spacial score (nSPS) is 12.8. The molecule has 2 heterocycles. The lowest BCUT2D eigenvalue weighted by Gasteiger charge is -2.16. The zero-order valence-corrected chi connectivity index (χ0v) is 10.8. The molecule has 2 aromatic heterocycles. The molecule has 17 heavy (non-hydrogen) atoms. The van der Waals surface area contributed by atoms with Crippen LogP contribution in [0.15, 0.2) is 12.4 Å². The van der Waals surface area contributed by atoms with Crippen LogP contribution in [0.4, 0.5) is 0 Å². The third kappa shape index (κ3) is 2.67. The number of hydrogen-bond donors (Lipinski definition) is 1. The lowest BCUT2D eigenvalue weighted by atomic mass is 10.1. The SMILES string of the molecule is CCCNC(c1cnsn1)c1cnnn1CC. The quantitative estimate of drug-likeness (QED) is 0.837. The maximum Gasteiger partial charge on any atom is 0.0974 e. The first-order valence-electron chi connectivity index (χ1n) is 5.76. The van der Waals surface area contributed by atoms with E-state index in [4.69, 9.17) is 0 Å². The molecular weight excluding hydrogens is 236 g/mol. The monoisotopic (exact) mass is 252 g/mol. The smallest absolute Gasteiger partial charge is 0.0974 e. The van der Waals surface area contributed by atoms with Crippen molar-refractivity contribution in [1.29, 1.82) is 0 Å². The van der Waals surface area contributed by atoms with E-state index in [0.29, 0.717) is 0 Å². The number of nitrogens with zero attached hydrogens (tertiary/aromatic N) is 5. The molecule has 7 heteroatoms. The van der Waals surface area contributed by atoms with Gasteiger partial charge in [-0.15, -0.1) is 5.10 Å². The van der Waals surface area contributed by atoms with Crippen molar-refractivity contribution in [3.8, 4) is 0 Å². The van der Waals surface area contributed by atoms with E-state index in [1.165, 1.54) is 11.7 Å². The van der Waals surface area contributed by atoms with E-state index in [2.05, 4.69) is 31.3 Å². The second kappa shape index (κ2) is 5.83. The molecule has 0 aliphatic rings. The molecule has 6 nitrogen and oxygen atoms in total. The minimum atomic E-state index is 0.0312. The lowest BCUT2D eigenvalue weighted by Crippen LogP contribution is -2.26. The molecule has 0 aromatic carbocycles. The van der Waals surface area contributed by atoms with Crippen LogP contribution in [0, 0.1) is 0 Å². The van der Waals surface area contributed by atoms with Crippen molar-refractivity contribution in [3.63, 3.8) is 0 Å². The van der Waals surface area contributed by atoms with Crippen LogP contribution in [0.5, 0.6) is 0 Å². The van der Waals surface area contributed by atoms with Gasteiger partial charge in [0.15, 0.2) is 0 Å². The molecular formula is C10H16N6S. The summed E-state index contributed by atoms with van der Waals surface area (Å²) in [6.45, 7) is 5.92. The number of rotatable bonds is 6. The van der Waals surface area contributed by atoms with Crippen LogP contribution in [0.2, 0.25) is 0 Å². The fraction of sp³-hybridized carbons (Fsp3) is 0.600. The number of aryl methyl sites for hydroxylation is 1. The topological polar surface area (TPSA) is 68.5 Å². The van der Waals surface area contributed by atoms with E-state index in [1.54, 1.807) is 12.4 Å². The average molecular weight is 252 g/mol. The van der Waals surface area contributed by atoms with Crippen molar-refractivity contribution in [2.75, 3.05) is 6.54 Å². The molecule has 1 atom stereocenters. The fourth-order valence-corrected chi connectivity index (χ4v) is 2.13. The first-order chi connectivity index (χ1) is 8.36. The van der Waals surface area contributed by atoms with Gasteiger partial charge >= 0.3 is 0 Å². The molecule has 0 aliphatic carbocycles. The van der Waals surface area contributed by atoms with Gasteiger partial charge in [0, 0.05) is 6.54 Å². The Morgan fingerprint density at radius 3 is 2.94 bits per heavy atom. The Bertz CT molecular complexity index is 437. The van der Waals surface area contributed by atoms with Crippen LogP contribution >= 0.6 is 11.7 Å². The summed E-state index contributed by atoms with van der Waals surface area (Å²) in [6, 6.07) is 0.0312. The van der Waals surface area contributed by atoms with Crippen LogP contribution in [-0.4, -0.2) is 30.3 Å². The summed E-state index contributed by atoms with van der Waals surface area (Å²) in [5, 5.41) is 11.5. The van der Waals surface area contributed by atoms with Crippen LogP contribution in [0.25, 0.3) is 0 Å². The summed E-state index contributed by atoms with van der Waals surface area (Å²) in [7, 11) is 0. The first kappa shape index (κ1) is 12.1. The van der Waals surface area contributed by atoms with Crippen molar-refractivity contribution in [1.82, 2.24) is 29.1 Å². The molecule has 2 rings (SSSR count). The minimum absolute atomic E-state index is 0.0312. The Morgan fingerprint density at radius 1 is 1.41 bits per heavy atom. The van der Waals surface area contributed by atoms with Crippen LogP contribution in [0.1, 0.15) is 37.7 Å². The fourth-order valence-electron chi connectivity index (χ4n) is 1.68. The summed E-state index contributed by atoms with van der Waals surface area (Å²) in [6.07, 6.45) is 4.66. The van der Waals surface area contributed by atoms with Crippen LogP contribution in [-0.2, 0) is 6.54 Å². The third-order valence-electron chi connectivity index (χ3n) is 2.52. The van der Waals surface area contributed by atoms with E-state index < -0.39 is 0 Å². The van der Waals surface area contributed by atoms with Gasteiger partial charge in [-0.1, -0.05) is 12.1 Å². The van der Waals surface area contributed by atoms with E-state index in [1.807, 2.05) is 11.6 Å². The van der Waals surface area contributed by atoms with E-state index in [0.717, 1.165) is 30.9 Å². The Balaban J connectivity index is 2.27. The maximum absolute atomic E-state index is 4.30. The second-order valence-corrected chi connectivity index (χ2v) is 4.25. The Kier molecular flexibility index (Phi) is 4.16. The Hall–Kier alpha value is -1.34. The van der Waals surface area contributed by atoms with Gasteiger partial charge < -0.3 is 5.32 Å². The molecule has 0 aliphatic heterocycles. The molecule has 92 valence electrons. The highest BCUT2D eigenvalue weighted by Gasteiger charge is 2.20. The van der Waals surface area contributed by atoms with Crippen molar-refractivity contribution < 1.29 is 0 Å². The van der Waals surface area contributed by atoms with Gasteiger partial charge in [-0.2, -0.15) is 8.75 Å². The molecule has 0 fully saturated rings. The van der Waals surface area contributed by atoms with Crippen LogP contribution in [0.3, 0.4) is 0 Å². The first-order valence-corrected chi connectivity index (χ1v) is 6.49. The zero-order chi connectivity index (χ0) is 12.1. The lowest BCUT2D eigenvalue weighted by molar-refractivity contribution is 0.519. The van der Waals surface area contributed by atoms with E-state index >= 15 is 0 Å². The highest BCUT2D eigenvalue weighted by atomic mass is 32.1. The van der Waals surface area contributed by atoms with Gasteiger partial charge in [-0.25, -0.2) is 4.68 Å².